The van der Waals surface area contributed by atoms with Crippen molar-refractivity contribution >= 4 is 48.3 Å². The first-order chi connectivity index (χ1) is 15.5. The molecule has 0 radical (unpaired) electrons. The molecule has 1 amide bonds. The zero-order valence-electron chi connectivity index (χ0n) is 19.1. The van der Waals surface area contributed by atoms with E-state index < -0.39 is 22.0 Å². The van der Waals surface area contributed by atoms with E-state index >= 15 is 0 Å². The minimum absolute atomic E-state index is 0.211. The van der Waals surface area contributed by atoms with Crippen molar-refractivity contribution in [1.29, 1.82) is 0 Å². The molecule has 3 aromatic rings. The van der Waals surface area contributed by atoms with Crippen LogP contribution in [0.1, 0.15) is 37.0 Å². The highest BCUT2D eigenvalue weighted by molar-refractivity contribution is 9.10. The van der Waals surface area contributed by atoms with E-state index in [-0.39, 0.29) is 10.8 Å². The number of anilines is 1. The van der Waals surface area contributed by atoms with E-state index in [0.29, 0.717) is 27.7 Å². The van der Waals surface area contributed by atoms with Crippen LogP contribution < -0.4 is 10.0 Å². The van der Waals surface area contributed by atoms with Crippen molar-refractivity contribution in [3.63, 3.8) is 0 Å². The van der Waals surface area contributed by atoms with Crippen LogP contribution in [0.2, 0.25) is 0 Å². The molecular formula is C23H27BrN4O3S2. The van der Waals surface area contributed by atoms with Gasteiger partial charge in [0.1, 0.15) is 11.0 Å². The molecule has 0 aliphatic heterocycles. The second-order valence-electron chi connectivity index (χ2n) is 8.12. The van der Waals surface area contributed by atoms with Crippen LogP contribution in [0.3, 0.4) is 0 Å². The number of hydrogen-bond donors (Lipinski definition) is 2. The van der Waals surface area contributed by atoms with E-state index in [1.165, 1.54) is 11.3 Å². The molecule has 2 N–H and O–H groups in total. The average molecular weight is 552 g/mol. The largest absolute Gasteiger partial charge is 0.299 e. The number of benzene rings is 2. The van der Waals surface area contributed by atoms with Gasteiger partial charge in [-0.1, -0.05) is 77.4 Å². The lowest BCUT2D eigenvalue weighted by Gasteiger charge is -2.24. The molecule has 7 nitrogen and oxygen atoms in total. The molecule has 3 rings (SSSR count). The first-order valence-electron chi connectivity index (χ1n) is 10.5. The molecule has 0 aliphatic rings. The summed E-state index contributed by atoms with van der Waals surface area (Å²) < 4.78 is 30.1. The smallest absolute Gasteiger partial charge is 0.244 e. The molecule has 1 heterocycles. The maximum atomic E-state index is 13.3. The van der Waals surface area contributed by atoms with E-state index in [4.69, 9.17) is 0 Å². The predicted molar refractivity (Wildman–Crippen MR) is 136 cm³/mol. The van der Waals surface area contributed by atoms with Crippen molar-refractivity contribution in [2.75, 3.05) is 5.32 Å². The van der Waals surface area contributed by atoms with Crippen LogP contribution in [0.4, 0.5) is 5.13 Å². The van der Waals surface area contributed by atoms with Crippen LogP contribution in [-0.4, -0.2) is 30.6 Å². The van der Waals surface area contributed by atoms with E-state index in [1.807, 2.05) is 57.2 Å². The molecule has 33 heavy (non-hydrogen) atoms. The number of amides is 1. The average Bonchev–Trinajstić information content (AvgIpc) is 3.19. The van der Waals surface area contributed by atoms with Gasteiger partial charge in [-0.25, -0.2) is 8.42 Å². The normalized spacial score (nSPS) is 13.5. The Labute approximate surface area is 207 Å². The van der Waals surface area contributed by atoms with Gasteiger partial charge in [0.05, 0.1) is 4.90 Å². The summed E-state index contributed by atoms with van der Waals surface area (Å²) >= 11 is 4.63. The van der Waals surface area contributed by atoms with Gasteiger partial charge < -0.3 is 0 Å². The van der Waals surface area contributed by atoms with Crippen molar-refractivity contribution in [2.45, 2.75) is 52.0 Å². The van der Waals surface area contributed by atoms with Crippen molar-refractivity contribution in [3.05, 3.63) is 57.6 Å². The molecule has 176 valence electrons. The molecule has 2 aromatic carbocycles. The standard InChI is InChI=1S/C23H27BrN4O3S2/c1-6-14(3)19(28-33(30,31)20-15(4)11-13(2)12-16(20)5)21(29)25-23-27-26-22(32-23)17-7-9-18(24)10-8-17/h7-12,14,19,28H,6H2,1-5H3,(H,25,27,29). The third-order valence-electron chi connectivity index (χ3n) is 5.40. The Bertz CT molecular complexity index is 1230. The number of aryl methyl sites for hydroxylation is 3. The third kappa shape index (κ3) is 6.06. The van der Waals surface area contributed by atoms with Crippen LogP contribution in [0.15, 0.2) is 45.8 Å². The van der Waals surface area contributed by atoms with Gasteiger partial charge in [0.25, 0.3) is 0 Å². The van der Waals surface area contributed by atoms with Gasteiger partial charge in [-0.2, -0.15) is 4.72 Å². The Morgan fingerprint density at radius 3 is 2.27 bits per heavy atom. The molecule has 10 heteroatoms. The van der Waals surface area contributed by atoms with Crippen LogP contribution >= 0.6 is 27.3 Å². The summed E-state index contributed by atoms with van der Waals surface area (Å²) in [6.07, 6.45) is 0.618. The van der Waals surface area contributed by atoms with Crippen LogP contribution in [0.5, 0.6) is 0 Å². The van der Waals surface area contributed by atoms with Crippen molar-refractivity contribution in [3.8, 4) is 10.6 Å². The Balaban J connectivity index is 1.83. The number of hydrogen-bond acceptors (Lipinski definition) is 6. The molecule has 1 aromatic heterocycles. The minimum atomic E-state index is -3.92. The number of carbonyl (C=O) groups excluding carboxylic acids is 1. The first-order valence-corrected chi connectivity index (χ1v) is 13.6. The van der Waals surface area contributed by atoms with E-state index in [2.05, 4.69) is 36.2 Å². The maximum absolute atomic E-state index is 13.3. The van der Waals surface area contributed by atoms with Gasteiger partial charge in [-0.3, -0.25) is 10.1 Å². The van der Waals surface area contributed by atoms with Crippen LogP contribution in [0.25, 0.3) is 10.6 Å². The van der Waals surface area contributed by atoms with Gasteiger partial charge in [0.15, 0.2) is 0 Å². The Hall–Kier alpha value is -2.14. The maximum Gasteiger partial charge on any atom is 0.244 e. The SMILES string of the molecule is CCC(C)C(NS(=O)(=O)c1c(C)cc(C)cc1C)C(=O)Nc1nnc(-c2ccc(Br)cc2)s1. The molecule has 2 unspecified atom stereocenters. The number of sulfonamides is 1. The van der Waals surface area contributed by atoms with Crippen LogP contribution in [-0.2, 0) is 14.8 Å². The lowest BCUT2D eigenvalue weighted by molar-refractivity contribution is -0.118. The number of halogens is 1. The third-order valence-corrected chi connectivity index (χ3v) is 8.56. The Kier molecular flexibility index (Phi) is 8.04. The van der Waals surface area contributed by atoms with Gasteiger partial charge in [-0.05, 0) is 49.9 Å². The molecule has 0 bridgehead atoms. The number of carbonyl (C=O) groups is 1. The number of nitrogens with one attached hydrogen (secondary N) is 2. The highest BCUT2D eigenvalue weighted by atomic mass is 79.9. The van der Waals surface area contributed by atoms with E-state index in [9.17, 15) is 13.2 Å². The molecule has 0 saturated carbocycles. The van der Waals surface area contributed by atoms with Crippen LogP contribution in [0, 0.1) is 26.7 Å². The van der Waals surface area contributed by atoms with Gasteiger partial charge in [0.2, 0.25) is 21.1 Å². The molecule has 0 fully saturated rings. The summed E-state index contributed by atoms with van der Waals surface area (Å²) in [6.45, 7) is 9.20. The van der Waals surface area contributed by atoms with Gasteiger partial charge in [0, 0.05) is 10.0 Å². The highest BCUT2D eigenvalue weighted by Gasteiger charge is 2.32. The molecule has 0 saturated heterocycles. The molecular weight excluding hydrogens is 524 g/mol. The van der Waals surface area contributed by atoms with Crippen molar-refractivity contribution in [2.24, 2.45) is 5.92 Å². The summed E-state index contributed by atoms with van der Waals surface area (Å²) in [4.78, 5) is 13.3. The minimum Gasteiger partial charge on any atom is -0.299 e. The van der Waals surface area contributed by atoms with Gasteiger partial charge >= 0.3 is 0 Å². The monoisotopic (exact) mass is 550 g/mol. The predicted octanol–water partition coefficient (Wildman–Crippen LogP) is 5.22. The lowest BCUT2D eigenvalue weighted by atomic mass is 9.99. The number of nitrogens with zero attached hydrogens (tertiary/aromatic N) is 2. The zero-order chi connectivity index (χ0) is 24.3. The summed E-state index contributed by atoms with van der Waals surface area (Å²) in [7, 11) is -3.92. The van der Waals surface area contributed by atoms with Crippen molar-refractivity contribution < 1.29 is 13.2 Å². The number of rotatable bonds is 8. The second kappa shape index (κ2) is 10.4. The summed E-state index contributed by atoms with van der Waals surface area (Å²) in [5.41, 5.74) is 3.15. The summed E-state index contributed by atoms with van der Waals surface area (Å²) in [5, 5.41) is 11.9. The number of aromatic nitrogens is 2. The summed E-state index contributed by atoms with van der Waals surface area (Å²) in [5.74, 6) is -0.696. The van der Waals surface area contributed by atoms with E-state index in [0.717, 1.165) is 15.6 Å². The second-order valence-corrected chi connectivity index (χ2v) is 11.7. The lowest BCUT2D eigenvalue weighted by Crippen LogP contribution is -2.47. The highest BCUT2D eigenvalue weighted by Crippen LogP contribution is 2.28. The quantitative estimate of drug-likeness (QED) is 0.400. The Morgan fingerprint density at radius 2 is 1.70 bits per heavy atom. The fourth-order valence-corrected chi connectivity index (χ4v) is 6.42. The van der Waals surface area contributed by atoms with E-state index in [1.54, 1.807) is 13.8 Å². The fourth-order valence-electron chi connectivity index (χ4n) is 3.65. The van der Waals surface area contributed by atoms with Crippen molar-refractivity contribution in [1.82, 2.24) is 14.9 Å². The molecule has 0 aliphatic carbocycles. The zero-order valence-corrected chi connectivity index (χ0v) is 22.4. The molecule has 0 spiro atoms. The molecule has 2 atom stereocenters. The topological polar surface area (TPSA) is 101 Å². The fraction of sp³-hybridized carbons (Fsp3) is 0.348. The Morgan fingerprint density at radius 1 is 1.09 bits per heavy atom. The van der Waals surface area contributed by atoms with Gasteiger partial charge in [-0.15, -0.1) is 10.2 Å². The first kappa shape index (κ1) is 25.5. The summed E-state index contributed by atoms with van der Waals surface area (Å²) in [6, 6.07) is 10.3.